The van der Waals surface area contributed by atoms with Gasteiger partial charge in [-0.05, 0) is 12.1 Å². The van der Waals surface area contributed by atoms with Gasteiger partial charge in [0.25, 0.3) is 5.91 Å². The molecule has 0 saturated carbocycles. The van der Waals surface area contributed by atoms with E-state index in [4.69, 9.17) is 17.3 Å². The fourth-order valence-electron chi connectivity index (χ4n) is 1.81. The maximum atomic E-state index is 13.9. The number of hydrogen-bond donors (Lipinski definition) is 1. The predicted octanol–water partition coefficient (Wildman–Crippen LogP) is 2.58. The number of ether oxygens (including phenoxy) is 1. The summed E-state index contributed by atoms with van der Waals surface area (Å²) in [5.74, 6) is -2.61. The molecule has 0 fully saturated rings. The van der Waals surface area contributed by atoms with Crippen LogP contribution in [0.3, 0.4) is 0 Å². The molecule has 0 aliphatic heterocycles. The number of aromatic nitrogens is 2. The lowest BCUT2D eigenvalue weighted by atomic mass is 10.1. The van der Waals surface area contributed by atoms with E-state index in [1.54, 1.807) is 0 Å². The fourth-order valence-corrected chi connectivity index (χ4v) is 2.06. The molecule has 0 bridgehead atoms. The number of primary amides is 1. The summed E-state index contributed by atoms with van der Waals surface area (Å²) in [5.41, 5.74) is 5.59. The summed E-state index contributed by atoms with van der Waals surface area (Å²) in [5, 5.41) is -0.424. The first-order valence-corrected chi connectivity index (χ1v) is 5.95. The van der Waals surface area contributed by atoms with E-state index < -0.39 is 29.1 Å². The van der Waals surface area contributed by atoms with Gasteiger partial charge in [0.15, 0.2) is 17.4 Å². The van der Waals surface area contributed by atoms with E-state index in [9.17, 15) is 18.0 Å². The molecule has 5 nitrogen and oxygen atoms in total. The molecule has 0 unspecified atom stereocenters. The average Bonchev–Trinajstić information content (AvgIpc) is 2.77. The number of nitrogens with zero attached hydrogens (tertiary/aromatic N) is 2. The smallest absolute Gasteiger partial charge is 0.387 e. The highest BCUT2D eigenvalue weighted by atomic mass is 35.5. The van der Waals surface area contributed by atoms with Gasteiger partial charge in [0.2, 0.25) is 0 Å². The third-order valence-electron chi connectivity index (χ3n) is 2.75. The van der Waals surface area contributed by atoms with Crippen LogP contribution in [0.15, 0.2) is 18.3 Å². The number of halogens is 4. The Kier molecular flexibility index (Phi) is 4.08. The van der Waals surface area contributed by atoms with Crippen LogP contribution in [0.1, 0.15) is 10.6 Å². The summed E-state index contributed by atoms with van der Waals surface area (Å²) in [7, 11) is 1.49. The first-order chi connectivity index (χ1) is 9.82. The van der Waals surface area contributed by atoms with Crippen LogP contribution in [-0.4, -0.2) is 22.1 Å². The van der Waals surface area contributed by atoms with E-state index in [2.05, 4.69) is 9.72 Å². The van der Waals surface area contributed by atoms with E-state index in [-0.39, 0.29) is 11.4 Å². The molecule has 9 heteroatoms. The molecule has 0 aliphatic carbocycles. The van der Waals surface area contributed by atoms with E-state index >= 15 is 0 Å². The second-order valence-corrected chi connectivity index (χ2v) is 4.39. The second kappa shape index (κ2) is 5.65. The lowest BCUT2D eigenvalue weighted by Gasteiger charge is -2.11. The normalized spacial score (nSPS) is 11.0. The monoisotopic (exact) mass is 319 g/mol. The minimum Gasteiger partial charge on any atom is -0.432 e. The van der Waals surface area contributed by atoms with Gasteiger partial charge < -0.3 is 15.0 Å². The topological polar surface area (TPSA) is 70.1 Å². The summed E-state index contributed by atoms with van der Waals surface area (Å²) in [6, 6.07) is 2.30. The molecule has 1 amide bonds. The Balaban J connectivity index is 2.51. The summed E-state index contributed by atoms with van der Waals surface area (Å²) in [4.78, 5) is 14.9. The zero-order valence-corrected chi connectivity index (χ0v) is 11.4. The van der Waals surface area contributed by atoms with Gasteiger partial charge >= 0.3 is 6.61 Å². The minimum atomic E-state index is -3.17. The van der Waals surface area contributed by atoms with Crippen molar-refractivity contribution in [1.82, 2.24) is 9.55 Å². The Morgan fingerprint density at radius 2 is 2.14 bits per heavy atom. The lowest BCUT2D eigenvalue weighted by molar-refractivity contribution is -0.0521. The number of alkyl halides is 2. The summed E-state index contributed by atoms with van der Waals surface area (Å²) in [6.45, 7) is -3.17. The van der Waals surface area contributed by atoms with Crippen LogP contribution < -0.4 is 10.5 Å². The van der Waals surface area contributed by atoms with E-state index in [1.165, 1.54) is 23.9 Å². The van der Waals surface area contributed by atoms with Gasteiger partial charge in [-0.2, -0.15) is 8.78 Å². The first-order valence-electron chi connectivity index (χ1n) is 5.57. The molecule has 0 saturated heterocycles. The molecule has 21 heavy (non-hydrogen) atoms. The molecule has 2 aromatic rings. The molecular weight excluding hydrogens is 311 g/mol. The van der Waals surface area contributed by atoms with Gasteiger partial charge in [-0.15, -0.1) is 0 Å². The molecule has 112 valence electrons. The molecule has 1 aromatic heterocycles. The number of carbonyl (C=O) groups excluding carboxylic acids is 1. The number of imidazole rings is 1. The Hall–Kier alpha value is -2.22. The molecule has 0 radical (unpaired) electrons. The minimum absolute atomic E-state index is 0.0469. The van der Waals surface area contributed by atoms with E-state index in [0.29, 0.717) is 5.69 Å². The van der Waals surface area contributed by atoms with Crippen molar-refractivity contribution in [1.29, 1.82) is 0 Å². The third-order valence-corrected chi connectivity index (χ3v) is 3.12. The van der Waals surface area contributed by atoms with Gasteiger partial charge in [0.1, 0.15) is 0 Å². The second-order valence-electron chi connectivity index (χ2n) is 4.01. The van der Waals surface area contributed by atoms with Gasteiger partial charge in [-0.25, -0.2) is 9.37 Å². The predicted molar refractivity (Wildman–Crippen MR) is 68.8 cm³/mol. The zero-order chi connectivity index (χ0) is 15.7. The van der Waals surface area contributed by atoms with E-state index in [0.717, 1.165) is 6.07 Å². The summed E-state index contributed by atoms with van der Waals surface area (Å²) < 4.78 is 43.4. The van der Waals surface area contributed by atoms with Crippen molar-refractivity contribution < 1.29 is 22.7 Å². The number of amides is 1. The molecule has 0 aliphatic rings. The number of carbonyl (C=O) groups is 1. The molecule has 2 N–H and O–H groups in total. The quantitative estimate of drug-likeness (QED) is 0.941. The molecular formula is C12H9ClF3N3O2. The van der Waals surface area contributed by atoms with Crippen molar-refractivity contribution in [2.75, 3.05) is 0 Å². The summed E-state index contributed by atoms with van der Waals surface area (Å²) >= 11 is 5.82. The Labute approximate surface area is 122 Å². The van der Waals surface area contributed by atoms with Crippen LogP contribution in [0.5, 0.6) is 5.75 Å². The Bertz CT molecular complexity index is 703. The summed E-state index contributed by atoms with van der Waals surface area (Å²) in [6.07, 6.45) is 1.27. The third kappa shape index (κ3) is 2.80. The van der Waals surface area contributed by atoms with Gasteiger partial charge in [0, 0.05) is 12.6 Å². The van der Waals surface area contributed by atoms with E-state index in [1.807, 2.05) is 0 Å². The molecule has 1 aromatic carbocycles. The van der Waals surface area contributed by atoms with Crippen LogP contribution in [0, 0.1) is 5.82 Å². The molecule has 1 heterocycles. The van der Waals surface area contributed by atoms with Crippen molar-refractivity contribution in [3.05, 3.63) is 35.0 Å². The number of rotatable bonds is 4. The van der Waals surface area contributed by atoms with Crippen molar-refractivity contribution in [2.45, 2.75) is 6.61 Å². The van der Waals surface area contributed by atoms with Crippen LogP contribution >= 0.6 is 11.6 Å². The zero-order valence-electron chi connectivity index (χ0n) is 10.6. The lowest BCUT2D eigenvalue weighted by Crippen LogP contribution is -2.16. The molecule has 2 rings (SSSR count). The van der Waals surface area contributed by atoms with Crippen LogP contribution in [0.4, 0.5) is 13.2 Å². The Morgan fingerprint density at radius 1 is 1.48 bits per heavy atom. The first kappa shape index (κ1) is 15.2. The highest BCUT2D eigenvalue weighted by Gasteiger charge is 2.20. The molecule has 0 atom stereocenters. The van der Waals surface area contributed by atoms with Crippen molar-refractivity contribution in [3.63, 3.8) is 0 Å². The number of nitrogens with two attached hydrogens (primary N) is 1. The van der Waals surface area contributed by atoms with Crippen LogP contribution in [0.25, 0.3) is 11.3 Å². The van der Waals surface area contributed by atoms with Crippen LogP contribution in [0.2, 0.25) is 5.02 Å². The molecule has 0 spiro atoms. The average molecular weight is 320 g/mol. The van der Waals surface area contributed by atoms with Crippen molar-refractivity contribution in [2.24, 2.45) is 12.8 Å². The maximum Gasteiger partial charge on any atom is 0.387 e. The Morgan fingerprint density at radius 3 is 2.67 bits per heavy atom. The number of hydrogen-bond acceptors (Lipinski definition) is 3. The van der Waals surface area contributed by atoms with Gasteiger partial charge in [-0.1, -0.05) is 11.6 Å². The van der Waals surface area contributed by atoms with Gasteiger partial charge in [0.05, 0.1) is 16.9 Å². The highest BCUT2D eigenvalue weighted by molar-refractivity contribution is 6.33. The standard InChI is InChI=1S/C12H9ClF3N3O2/c1-19-6(4-18-11(19)10(17)20)5-2-3-7(21-12(15)16)9(14)8(5)13/h2-4,12H,1H3,(H2,17,20). The highest BCUT2D eigenvalue weighted by Crippen LogP contribution is 2.35. The van der Waals surface area contributed by atoms with Crippen molar-refractivity contribution in [3.8, 4) is 17.0 Å². The largest absolute Gasteiger partial charge is 0.432 e. The van der Waals surface area contributed by atoms with Gasteiger partial charge in [-0.3, -0.25) is 4.79 Å². The van der Waals surface area contributed by atoms with Crippen LogP contribution in [-0.2, 0) is 7.05 Å². The SMILES string of the molecule is Cn1c(-c2ccc(OC(F)F)c(F)c2Cl)cnc1C(N)=O. The maximum absolute atomic E-state index is 13.9. The number of benzene rings is 1. The van der Waals surface area contributed by atoms with Crippen molar-refractivity contribution >= 4 is 17.5 Å². The fraction of sp³-hybridized carbons (Fsp3) is 0.167.